The standard InChI is InChI=1S/C13H19BrO2S/c1-9-8-12(10(2)11(3)13(9)15)16-5-7-17-6-4-14/h8,15H,4-7H2,1-3H3. The number of phenols is 1. The first-order valence-electron chi connectivity index (χ1n) is 5.64. The number of hydrogen-bond donors (Lipinski definition) is 1. The van der Waals surface area contributed by atoms with E-state index in [1.54, 1.807) is 0 Å². The zero-order valence-corrected chi connectivity index (χ0v) is 12.9. The smallest absolute Gasteiger partial charge is 0.123 e. The molecule has 0 saturated heterocycles. The van der Waals surface area contributed by atoms with Crippen molar-refractivity contribution in [3.05, 3.63) is 22.8 Å². The fourth-order valence-corrected chi connectivity index (χ4v) is 2.75. The van der Waals surface area contributed by atoms with Gasteiger partial charge in [-0.1, -0.05) is 15.9 Å². The molecule has 0 bridgehead atoms. The molecule has 0 unspecified atom stereocenters. The number of benzene rings is 1. The van der Waals surface area contributed by atoms with E-state index < -0.39 is 0 Å². The van der Waals surface area contributed by atoms with Gasteiger partial charge < -0.3 is 9.84 Å². The average Bonchev–Trinajstić information content (AvgIpc) is 2.32. The van der Waals surface area contributed by atoms with E-state index in [4.69, 9.17) is 4.74 Å². The molecule has 1 aromatic rings. The molecule has 17 heavy (non-hydrogen) atoms. The molecular weight excluding hydrogens is 300 g/mol. The Morgan fingerprint density at radius 1 is 1.24 bits per heavy atom. The van der Waals surface area contributed by atoms with Gasteiger partial charge in [0.1, 0.15) is 11.5 Å². The van der Waals surface area contributed by atoms with Crippen molar-refractivity contribution in [3.8, 4) is 11.5 Å². The molecule has 0 heterocycles. The SMILES string of the molecule is Cc1cc(OCCSCCBr)c(C)c(C)c1O. The van der Waals surface area contributed by atoms with Crippen LogP contribution in [0.15, 0.2) is 6.07 Å². The molecule has 2 nitrogen and oxygen atoms in total. The fourth-order valence-electron chi connectivity index (χ4n) is 1.55. The third-order valence-electron chi connectivity index (χ3n) is 2.72. The van der Waals surface area contributed by atoms with E-state index in [-0.39, 0.29) is 0 Å². The number of aromatic hydroxyl groups is 1. The summed E-state index contributed by atoms with van der Waals surface area (Å²) >= 11 is 5.26. The quantitative estimate of drug-likeness (QED) is 0.638. The van der Waals surface area contributed by atoms with Crippen LogP contribution in [-0.2, 0) is 0 Å². The second kappa shape index (κ2) is 7.17. The zero-order valence-electron chi connectivity index (χ0n) is 10.5. The summed E-state index contributed by atoms with van der Waals surface area (Å²) in [7, 11) is 0. The van der Waals surface area contributed by atoms with Crippen molar-refractivity contribution in [3.63, 3.8) is 0 Å². The monoisotopic (exact) mass is 318 g/mol. The van der Waals surface area contributed by atoms with Crippen molar-refractivity contribution < 1.29 is 9.84 Å². The molecule has 0 radical (unpaired) electrons. The van der Waals surface area contributed by atoms with Gasteiger partial charge in [-0.25, -0.2) is 0 Å². The number of aryl methyl sites for hydroxylation is 1. The van der Waals surface area contributed by atoms with Crippen molar-refractivity contribution >= 4 is 27.7 Å². The Morgan fingerprint density at radius 2 is 1.94 bits per heavy atom. The van der Waals surface area contributed by atoms with Gasteiger partial charge in [0.15, 0.2) is 0 Å². The van der Waals surface area contributed by atoms with Gasteiger partial charge in [-0.15, -0.1) is 0 Å². The van der Waals surface area contributed by atoms with Crippen LogP contribution in [0.4, 0.5) is 0 Å². The molecule has 96 valence electrons. The highest BCUT2D eigenvalue weighted by molar-refractivity contribution is 9.09. The summed E-state index contributed by atoms with van der Waals surface area (Å²) in [6.45, 7) is 6.51. The Bertz CT molecular complexity index is 380. The second-order valence-corrected chi connectivity index (χ2v) is 5.96. The van der Waals surface area contributed by atoms with E-state index in [1.165, 1.54) is 0 Å². The van der Waals surface area contributed by atoms with E-state index in [9.17, 15) is 5.11 Å². The van der Waals surface area contributed by atoms with Crippen LogP contribution in [-0.4, -0.2) is 28.5 Å². The van der Waals surface area contributed by atoms with Crippen LogP contribution in [0.3, 0.4) is 0 Å². The number of hydrogen-bond acceptors (Lipinski definition) is 3. The van der Waals surface area contributed by atoms with Gasteiger partial charge in [-0.3, -0.25) is 0 Å². The molecule has 0 aromatic heterocycles. The maximum Gasteiger partial charge on any atom is 0.123 e. The lowest BCUT2D eigenvalue weighted by atomic mass is 10.0. The first kappa shape index (κ1) is 14.7. The maximum absolute atomic E-state index is 9.79. The first-order chi connectivity index (χ1) is 8.07. The van der Waals surface area contributed by atoms with Gasteiger partial charge >= 0.3 is 0 Å². The van der Waals surface area contributed by atoms with Crippen molar-refractivity contribution in [1.29, 1.82) is 0 Å². The molecule has 4 heteroatoms. The highest BCUT2D eigenvalue weighted by Gasteiger charge is 2.09. The molecule has 0 aliphatic carbocycles. The van der Waals surface area contributed by atoms with Crippen LogP contribution in [0, 0.1) is 20.8 Å². The van der Waals surface area contributed by atoms with Crippen LogP contribution < -0.4 is 4.74 Å². The Labute approximate surface area is 116 Å². The normalized spacial score (nSPS) is 10.6. The molecule has 0 aliphatic rings. The van der Waals surface area contributed by atoms with Gasteiger partial charge in [0.2, 0.25) is 0 Å². The van der Waals surface area contributed by atoms with E-state index in [0.29, 0.717) is 12.4 Å². The number of alkyl halides is 1. The minimum absolute atomic E-state index is 0.378. The number of ether oxygens (including phenoxy) is 1. The molecule has 1 rings (SSSR count). The average molecular weight is 319 g/mol. The number of halogens is 1. The third kappa shape index (κ3) is 4.11. The van der Waals surface area contributed by atoms with Crippen LogP contribution in [0.2, 0.25) is 0 Å². The summed E-state index contributed by atoms with van der Waals surface area (Å²) in [6, 6.07) is 1.91. The molecule has 0 saturated carbocycles. The highest BCUT2D eigenvalue weighted by atomic mass is 79.9. The van der Waals surface area contributed by atoms with Crippen molar-refractivity contribution in [2.24, 2.45) is 0 Å². The molecule has 0 atom stereocenters. The molecule has 0 spiro atoms. The lowest BCUT2D eigenvalue weighted by molar-refractivity contribution is 0.339. The number of thioether (sulfide) groups is 1. The van der Waals surface area contributed by atoms with Crippen molar-refractivity contribution in [2.45, 2.75) is 20.8 Å². The van der Waals surface area contributed by atoms with E-state index >= 15 is 0 Å². The molecule has 0 aliphatic heterocycles. The summed E-state index contributed by atoms with van der Waals surface area (Å²) in [4.78, 5) is 0. The molecule has 0 amide bonds. The van der Waals surface area contributed by atoms with Crippen LogP contribution in [0.1, 0.15) is 16.7 Å². The summed E-state index contributed by atoms with van der Waals surface area (Å²) < 4.78 is 5.75. The summed E-state index contributed by atoms with van der Waals surface area (Å²) in [5.41, 5.74) is 2.81. The molecule has 1 aromatic carbocycles. The van der Waals surface area contributed by atoms with Crippen molar-refractivity contribution in [1.82, 2.24) is 0 Å². The van der Waals surface area contributed by atoms with Crippen LogP contribution in [0.25, 0.3) is 0 Å². The lowest BCUT2D eigenvalue weighted by Crippen LogP contribution is -2.03. The summed E-state index contributed by atoms with van der Waals surface area (Å²) in [5.74, 6) is 3.36. The second-order valence-electron chi connectivity index (χ2n) is 3.94. The van der Waals surface area contributed by atoms with Crippen LogP contribution >= 0.6 is 27.7 Å². The number of rotatable bonds is 6. The molecule has 1 N–H and O–H groups in total. The lowest BCUT2D eigenvalue weighted by Gasteiger charge is -2.14. The van der Waals surface area contributed by atoms with Crippen molar-refractivity contribution in [2.75, 3.05) is 23.4 Å². The highest BCUT2D eigenvalue weighted by Crippen LogP contribution is 2.31. The topological polar surface area (TPSA) is 29.5 Å². The Kier molecular flexibility index (Phi) is 6.20. The largest absolute Gasteiger partial charge is 0.507 e. The minimum Gasteiger partial charge on any atom is -0.507 e. The predicted octanol–water partition coefficient (Wildman–Crippen LogP) is 3.82. The van der Waals surface area contributed by atoms with E-state index in [1.807, 2.05) is 38.6 Å². The maximum atomic E-state index is 9.79. The Balaban J connectivity index is 2.60. The fraction of sp³-hybridized carbons (Fsp3) is 0.538. The van der Waals surface area contributed by atoms with Gasteiger partial charge in [-0.05, 0) is 43.5 Å². The number of phenolic OH excluding ortho intramolecular Hbond substituents is 1. The van der Waals surface area contributed by atoms with Crippen LogP contribution in [0.5, 0.6) is 11.5 Å². The summed E-state index contributed by atoms with van der Waals surface area (Å²) in [6.07, 6.45) is 0. The van der Waals surface area contributed by atoms with E-state index in [2.05, 4.69) is 15.9 Å². The van der Waals surface area contributed by atoms with Gasteiger partial charge in [0.05, 0.1) is 6.61 Å². The summed E-state index contributed by atoms with van der Waals surface area (Å²) in [5, 5.41) is 10.8. The Hall–Kier alpha value is -0.350. The predicted molar refractivity (Wildman–Crippen MR) is 78.9 cm³/mol. The minimum atomic E-state index is 0.378. The molecule has 0 fully saturated rings. The zero-order chi connectivity index (χ0) is 12.8. The Morgan fingerprint density at radius 3 is 2.59 bits per heavy atom. The van der Waals surface area contributed by atoms with E-state index in [0.717, 1.165) is 39.3 Å². The van der Waals surface area contributed by atoms with Gasteiger partial charge in [0, 0.05) is 16.8 Å². The third-order valence-corrected chi connectivity index (χ3v) is 4.58. The first-order valence-corrected chi connectivity index (χ1v) is 7.91. The molecular formula is C13H19BrO2S. The van der Waals surface area contributed by atoms with Gasteiger partial charge in [0.25, 0.3) is 0 Å². The van der Waals surface area contributed by atoms with Gasteiger partial charge in [-0.2, -0.15) is 11.8 Å².